The summed E-state index contributed by atoms with van der Waals surface area (Å²) in [5.74, 6) is -0.0541. The van der Waals surface area contributed by atoms with E-state index in [0.717, 1.165) is 51.6 Å². The maximum atomic E-state index is 12.1. The van der Waals surface area contributed by atoms with E-state index in [1.54, 1.807) is 4.90 Å². The summed E-state index contributed by atoms with van der Waals surface area (Å²) in [7, 11) is -3.29. The summed E-state index contributed by atoms with van der Waals surface area (Å²) in [6.07, 6.45) is 7.25. The van der Waals surface area contributed by atoms with Crippen LogP contribution in [0.2, 0.25) is 0 Å². The van der Waals surface area contributed by atoms with Gasteiger partial charge in [-0.25, -0.2) is 8.42 Å². The molecule has 1 heterocycles. The van der Waals surface area contributed by atoms with Crippen LogP contribution in [0.15, 0.2) is 0 Å². The lowest BCUT2D eigenvalue weighted by Gasteiger charge is -2.29. The molecule has 0 bridgehead atoms. The summed E-state index contributed by atoms with van der Waals surface area (Å²) >= 11 is 0. The molecule has 19 heavy (non-hydrogen) atoms. The average Bonchev–Trinajstić information content (AvgIpc) is 2.37. The highest BCUT2D eigenvalue weighted by atomic mass is 32.2. The van der Waals surface area contributed by atoms with E-state index >= 15 is 0 Å². The zero-order chi connectivity index (χ0) is 14.3. The molecular formula is C13H26N2O3S. The van der Waals surface area contributed by atoms with Gasteiger partial charge in [-0.1, -0.05) is 19.8 Å². The van der Waals surface area contributed by atoms with Crippen molar-refractivity contribution < 1.29 is 13.2 Å². The fraction of sp³-hybridized carbons (Fsp3) is 0.923. The maximum Gasteiger partial charge on any atom is 0.237 e. The summed E-state index contributed by atoms with van der Waals surface area (Å²) < 4.78 is 24.7. The fourth-order valence-corrected chi connectivity index (χ4v) is 3.10. The summed E-state index contributed by atoms with van der Waals surface area (Å²) in [5, 5.41) is 0. The van der Waals surface area contributed by atoms with Gasteiger partial charge in [-0.3, -0.25) is 4.79 Å². The van der Waals surface area contributed by atoms with Gasteiger partial charge in [0.15, 0.2) is 0 Å². The second-order valence-electron chi connectivity index (χ2n) is 5.25. The second kappa shape index (κ2) is 7.85. The zero-order valence-corrected chi connectivity index (χ0v) is 12.9. The molecule has 0 aliphatic carbocycles. The summed E-state index contributed by atoms with van der Waals surface area (Å²) in [4.78, 5) is 13.9. The minimum Gasteiger partial charge on any atom is -0.342 e. The average molecular weight is 290 g/mol. The zero-order valence-electron chi connectivity index (χ0n) is 12.1. The molecule has 0 aromatic rings. The molecule has 0 aromatic carbocycles. The molecule has 1 amide bonds. The molecule has 0 N–H and O–H groups in total. The number of unbranched alkanes of at least 4 members (excludes halogenated alkanes) is 2. The lowest BCUT2D eigenvalue weighted by atomic mass is 10.1. The molecule has 1 aliphatic heterocycles. The van der Waals surface area contributed by atoms with Gasteiger partial charge in [0.1, 0.15) is 0 Å². The van der Waals surface area contributed by atoms with Crippen LogP contribution in [0.5, 0.6) is 0 Å². The third-order valence-electron chi connectivity index (χ3n) is 3.50. The Morgan fingerprint density at radius 3 is 2.32 bits per heavy atom. The molecule has 112 valence electrons. The van der Waals surface area contributed by atoms with E-state index in [2.05, 4.69) is 6.92 Å². The van der Waals surface area contributed by atoms with E-state index in [0.29, 0.717) is 6.54 Å². The third-order valence-corrected chi connectivity index (χ3v) is 4.75. The van der Waals surface area contributed by atoms with Gasteiger partial charge in [-0.05, 0) is 25.7 Å². The quantitative estimate of drug-likeness (QED) is 0.667. The number of likely N-dealkylation sites (tertiary alicyclic amines) is 1. The van der Waals surface area contributed by atoms with Crippen LogP contribution in [0.1, 0.15) is 45.4 Å². The second-order valence-corrected chi connectivity index (χ2v) is 7.23. The van der Waals surface area contributed by atoms with Crippen LogP contribution < -0.4 is 0 Å². The van der Waals surface area contributed by atoms with Gasteiger partial charge in [0.2, 0.25) is 15.9 Å². The van der Waals surface area contributed by atoms with Gasteiger partial charge in [0, 0.05) is 19.6 Å². The van der Waals surface area contributed by atoms with Crippen LogP contribution in [0.3, 0.4) is 0 Å². The summed E-state index contributed by atoms with van der Waals surface area (Å²) in [5.41, 5.74) is 0. The maximum absolute atomic E-state index is 12.1. The number of carbonyl (C=O) groups is 1. The molecular weight excluding hydrogens is 264 g/mol. The van der Waals surface area contributed by atoms with Crippen LogP contribution in [0.25, 0.3) is 0 Å². The van der Waals surface area contributed by atoms with Gasteiger partial charge >= 0.3 is 0 Å². The van der Waals surface area contributed by atoms with Crippen molar-refractivity contribution in [3.05, 3.63) is 0 Å². The topological polar surface area (TPSA) is 57.7 Å². The van der Waals surface area contributed by atoms with E-state index in [1.807, 2.05) is 0 Å². The highest BCUT2D eigenvalue weighted by Gasteiger charge is 2.23. The van der Waals surface area contributed by atoms with E-state index in [-0.39, 0.29) is 12.5 Å². The minimum atomic E-state index is -3.29. The molecule has 0 unspecified atom stereocenters. The van der Waals surface area contributed by atoms with Gasteiger partial charge in [0.25, 0.3) is 0 Å². The lowest BCUT2D eigenvalue weighted by Crippen LogP contribution is -2.44. The van der Waals surface area contributed by atoms with Crippen molar-refractivity contribution in [1.82, 2.24) is 9.21 Å². The Kier molecular flexibility index (Phi) is 6.79. The normalized spacial score (nSPS) is 16.9. The molecule has 5 nitrogen and oxygen atoms in total. The van der Waals surface area contributed by atoms with E-state index < -0.39 is 10.0 Å². The molecule has 0 atom stereocenters. The first-order valence-corrected chi connectivity index (χ1v) is 9.03. The standard InChI is InChI=1S/C13H26N2O3S/c1-3-4-6-11-15(19(2,17)18)12-13(16)14-9-7-5-8-10-14/h3-12H2,1-2H3. The van der Waals surface area contributed by atoms with Crippen molar-refractivity contribution >= 4 is 15.9 Å². The fourth-order valence-electron chi connectivity index (χ4n) is 2.29. The molecule has 0 saturated carbocycles. The number of amides is 1. The first-order valence-electron chi connectivity index (χ1n) is 7.18. The number of sulfonamides is 1. The van der Waals surface area contributed by atoms with E-state index in [1.165, 1.54) is 10.6 Å². The number of rotatable bonds is 7. The highest BCUT2D eigenvalue weighted by molar-refractivity contribution is 7.88. The van der Waals surface area contributed by atoms with E-state index in [4.69, 9.17) is 0 Å². The van der Waals surface area contributed by atoms with Crippen molar-refractivity contribution in [1.29, 1.82) is 0 Å². The van der Waals surface area contributed by atoms with Gasteiger partial charge < -0.3 is 4.90 Å². The third kappa shape index (κ3) is 5.91. The molecule has 1 fully saturated rings. The van der Waals surface area contributed by atoms with Crippen molar-refractivity contribution in [3.8, 4) is 0 Å². The molecule has 0 aromatic heterocycles. The van der Waals surface area contributed by atoms with Gasteiger partial charge in [0.05, 0.1) is 12.8 Å². The Balaban J connectivity index is 2.53. The number of piperidine rings is 1. The van der Waals surface area contributed by atoms with Crippen LogP contribution >= 0.6 is 0 Å². The minimum absolute atomic E-state index is 0.00253. The molecule has 6 heteroatoms. The Morgan fingerprint density at radius 2 is 1.79 bits per heavy atom. The summed E-state index contributed by atoms with van der Waals surface area (Å²) in [6.45, 7) is 4.06. The predicted molar refractivity (Wildman–Crippen MR) is 76.4 cm³/mol. The Labute approximate surface area is 117 Å². The van der Waals surface area contributed by atoms with Gasteiger partial charge in [-0.15, -0.1) is 0 Å². The SMILES string of the molecule is CCCCCN(CC(=O)N1CCCCC1)S(C)(=O)=O. The van der Waals surface area contributed by atoms with Crippen molar-refractivity contribution in [2.24, 2.45) is 0 Å². The Morgan fingerprint density at radius 1 is 1.16 bits per heavy atom. The molecule has 0 radical (unpaired) electrons. The summed E-state index contributed by atoms with van der Waals surface area (Å²) in [6, 6.07) is 0. The number of hydrogen-bond acceptors (Lipinski definition) is 3. The highest BCUT2D eigenvalue weighted by Crippen LogP contribution is 2.10. The van der Waals surface area contributed by atoms with Crippen molar-refractivity contribution in [3.63, 3.8) is 0 Å². The number of nitrogens with zero attached hydrogens (tertiary/aromatic N) is 2. The van der Waals surface area contributed by atoms with Crippen molar-refractivity contribution in [2.75, 3.05) is 32.4 Å². The van der Waals surface area contributed by atoms with Crippen LogP contribution in [0, 0.1) is 0 Å². The van der Waals surface area contributed by atoms with Crippen LogP contribution in [-0.4, -0.2) is 56.0 Å². The number of hydrogen-bond donors (Lipinski definition) is 0. The molecule has 0 spiro atoms. The molecule has 1 saturated heterocycles. The Bertz CT molecular complexity index is 375. The van der Waals surface area contributed by atoms with Crippen LogP contribution in [-0.2, 0) is 14.8 Å². The molecule has 1 rings (SSSR count). The van der Waals surface area contributed by atoms with Gasteiger partial charge in [-0.2, -0.15) is 4.31 Å². The van der Waals surface area contributed by atoms with E-state index in [9.17, 15) is 13.2 Å². The smallest absolute Gasteiger partial charge is 0.237 e. The Hall–Kier alpha value is -0.620. The first-order chi connectivity index (χ1) is 8.95. The van der Waals surface area contributed by atoms with Crippen molar-refractivity contribution in [2.45, 2.75) is 45.4 Å². The molecule has 1 aliphatic rings. The lowest BCUT2D eigenvalue weighted by molar-refractivity contribution is -0.132. The predicted octanol–water partition coefficient (Wildman–Crippen LogP) is 1.45. The largest absolute Gasteiger partial charge is 0.342 e. The number of carbonyl (C=O) groups excluding carboxylic acids is 1. The first kappa shape index (κ1) is 16.4. The monoisotopic (exact) mass is 290 g/mol. The van der Waals surface area contributed by atoms with Crippen LogP contribution in [0.4, 0.5) is 0 Å².